The maximum absolute atomic E-state index is 13.6. The van der Waals surface area contributed by atoms with Crippen molar-refractivity contribution in [3.05, 3.63) is 40.8 Å². The highest BCUT2D eigenvalue weighted by atomic mass is 19.1. The predicted octanol–water partition coefficient (Wildman–Crippen LogP) is 3.43. The number of halogens is 1. The van der Waals surface area contributed by atoms with Crippen molar-refractivity contribution in [2.24, 2.45) is 5.92 Å². The molecule has 1 aromatic heterocycles. The van der Waals surface area contributed by atoms with Gasteiger partial charge in [0.1, 0.15) is 5.82 Å². The largest absolute Gasteiger partial charge is 0.368 e. The van der Waals surface area contributed by atoms with Gasteiger partial charge in [0.15, 0.2) is 0 Å². The monoisotopic (exact) mass is 271 g/mol. The van der Waals surface area contributed by atoms with Crippen molar-refractivity contribution in [3.8, 4) is 11.3 Å². The minimum atomic E-state index is -0.188. The van der Waals surface area contributed by atoms with Crippen LogP contribution in [0.15, 0.2) is 18.2 Å². The van der Waals surface area contributed by atoms with Crippen LogP contribution in [-0.2, 0) is 6.42 Å². The molecule has 1 aliphatic rings. The molecule has 0 aliphatic heterocycles. The molecule has 0 atom stereocenters. The number of hydrogen-bond donors (Lipinski definition) is 1. The van der Waals surface area contributed by atoms with E-state index < -0.39 is 0 Å². The van der Waals surface area contributed by atoms with Crippen LogP contribution < -0.4 is 5.73 Å². The van der Waals surface area contributed by atoms with Crippen molar-refractivity contribution in [3.63, 3.8) is 0 Å². The van der Waals surface area contributed by atoms with Gasteiger partial charge in [-0.15, -0.1) is 0 Å². The molecule has 0 saturated heterocycles. The standard InChI is InChI=1S/C16H18FN3/c1-9-6-14(17)10(2)5-13(9)15-8-12(7-11-3-4-11)19-16(18)20-15/h5-6,8,11H,3-4,7H2,1-2H3,(H2,18,19,20). The lowest BCUT2D eigenvalue weighted by atomic mass is 10.0. The number of hydrogen-bond acceptors (Lipinski definition) is 3. The van der Waals surface area contributed by atoms with Gasteiger partial charge < -0.3 is 5.73 Å². The van der Waals surface area contributed by atoms with E-state index in [0.29, 0.717) is 11.5 Å². The molecular formula is C16H18FN3. The summed E-state index contributed by atoms with van der Waals surface area (Å²) < 4.78 is 13.6. The minimum absolute atomic E-state index is 0.188. The van der Waals surface area contributed by atoms with Crippen LogP contribution in [0.1, 0.15) is 29.7 Å². The Kier molecular flexibility index (Phi) is 3.16. The molecule has 1 aliphatic carbocycles. The number of nitrogen functional groups attached to an aromatic ring is 1. The fourth-order valence-electron chi connectivity index (χ4n) is 2.44. The van der Waals surface area contributed by atoms with Gasteiger partial charge in [0, 0.05) is 11.3 Å². The van der Waals surface area contributed by atoms with E-state index in [1.165, 1.54) is 12.8 Å². The molecule has 3 nitrogen and oxygen atoms in total. The van der Waals surface area contributed by atoms with Crippen molar-refractivity contribution in [1.29, 1.82) is 0 Å². The predicted molar refractivity (Wildman–Crippen MR) is 77.7 cm³/mol. The molecular weight excluding hydrogens is 253 g/mol. The van der Waals surface area contributed by atoms with Gasteiger partial charge in [-0.25, -0.2) is 14.4 Å². The van der Waals surface area contributed by atoms with Gasteiger partial charge in [0.05, 0.1) is 5.69 Å². The Morgan fingerprint density at radius 3 is 2.60 bits per heavy atom. The van der Waals surface area contributed by atoms with Gasteiger partial charge in [-0.05, 0) is 68.4 Å². The lowest BCUT2D eigenvalue weighted by Gasteiger charge is -2.10. The second kappa shape index (κ2) is 4.85. The molecule has 1 saturated carbocycles. The summed E-state index contributed by atoms with van der Waals surface area (Å²) >= 11 is 0. The summed E-state index contributed by atoms with van der Waals surface area (Å²) in [7, 11) is 0. The minimum Gasteiger partial charge on any atom is -0.368 e. The zero-order chi connectivity index (χ0) is 14.3. The van der Waals surface area contributed by atoms with Crippen LogP contribution in [-0.4, -0.2) is 9.97 Å². The van der Waals surface area contributed by atoms with Crippen LogP contribution in [0, 0.1) is 25.6 Å². The maximum atomic E-state index is 13.6. The van der Waals surface area contributed by atoms with E-state index in [-0.39, 0.29) is 5.82 Å². The molecule has 0 radical (unpaired) electrons. The molecule has 2 aromatic rings. The van der Waals surface area contributed by atoms with Crippen molar-refractivity contribution in [1.82, 2.24) is 9.97 Å². The molecule has 0 unspecified atom stereocenters. The molecule has 1 aromatic carbocycles. The molecule has 0 amide bonds. The molecule has 1 heterocycles. The van der Waals surface area contributed by atoms with Crippen molar-refractivity contribution >= 4 is 5.95 Å². The third-order valence-corrected chi connectivity index (χ3v) is 3.77. The van der Waals surface area contributed by atoms with E-state index in [0.717, 1.165) is 34.9 Å². The molecule has 4 heteroatoms. The van der Waals surface area contributed by atoms with Crippen molar-refractivity contribution in [2.75, 3.05) is 5.73 Å². The molecule has 2 N–H and O–H groups in total. The molecule has 20 heavy (non-hydrogen) atoms. The SMILES string of the molecule is Cc1cc(-c2cc(CC3CC3)nc(N)n2)c(C)cc1F. The number of nitrogens with zero attached hydrogens (tertiary/aromatic N) is 2. The van der Waals surface area contributed by atoms with E-state index in [2.05, 4.69) is 9.97 Å². The Morgan fingerprint density at radius 1 is 1.15 bits per heavy atom. The lowest BCUT2D eigenvalue weighted by Crippen LogP contribution is -2.03. The van der Waals surface area contributed by atoms with Gasteiger partial charge in [-0.2, -0.15) is 0 Å². The Balaban J connectivity index is 2.04. The number of aromatic nitrogens is 2. The maximum Gasteiger partial charge on any atom is 0.220 e. The van der Waals surface area contributed by atoms with Gasteiger partial charge in [-0.3, -0.25) is 0 Å². The van der Waals surface area contributed by atoms with E-state index >= 15 is 0 Å². The van der Waals surface area contributed by atoms with Gasteiger partial charge in [0.25, 0.3) is 0 Å². The summed E-state index contributed by atoms with van der Waals surface area (Å²) in [5.74, 6) is 0.846. The second-order valence-corrected chi connectivity index (χ2v) is 5.67. The lowest BCUT2D eigenvalue weighted by molar-refractivity contribution is 0.617. The van der Waals surface area contributed by atoms with E-state index in [9.17, 15) is 4.39 Å². The highest BCUT2D eigenvalue weighted by molar-refractivity contribution is 5.65. The first-order chi connectivity index (χ1) is 9.52. The molecule has 104 valence electrons. The molecule has 0 bridgehead atoms. The van der Waals surface area contributed by atoms with Crippen LogP contribution in [0.25, 0.3) is 11.3 Å². The highest BCUT2D eigenvalue weighted by Gasteiger charge is 2.22. The summed E-state index contributed by atoms with van der Waals surface area (Å²) in [6.07, 6.45) is 3.50. The summed E-state index contributed by atoms with van der Waals surface area (Å²) in [6, 6.07) is 5.35. The van der Waals surface area contributed by atoms with E-state index in [4.69, 9.17) is 5.73 Å². The second-order valence-electron chi connectivity index (χ2n) is 5.67. The number of aryl methyl sites for hydroxylation is 2. The molecule has 0 spiro atoms. The topological polar surface area (TPSA) is 51.8 Å². The number of benzene rings is 1. The van der Waals surface area contributed by atoms with E-state index in [1.807, 2.05) is 19.1 Å². The first-order valence-corrected chi connectivity index (χ1v) is 6.93. The Bertz CT molecular complexity index is 663. The summed E-state index contributed by atoms with van der Waals surface area (Å²) in [6.45, 7) is 3.64. The quantitative estimate of drug-likeness (QED) is 0.930. The molecule has 1 fully saturated rings. The van der Waals surface area contributed by atoms with Crippen LogP contribution in [0.5, 0.6) is 0 Å². The Hall–Kier alpha value is -1.97. The number of rotatable bonds is 3. The highest BCUT2D eigenvalue weighted by Crippen LogP contribution is 2.33. The Labute approximate surface area is 118 Å². The molecule has 3 rings (SSSR count). The summed E-state index contributed by atoms with van der Waals surface area (Å²) in [5, 5.41) is 0. The average molecular weight is 271 g/mol. The van der Waals surface area contributed by atoms with Crippen molar-refractivity contribution in [2.45, 2.75) is 33.1 Å². The van der Waals surface area contributed by atoms with Crippen LogP contribution >= 0.6 is 0 Å². The van der Waals surface area contributed by atoms with Gasteiger partial charge in [-0.1, -0.05) is 0 Å². The van der Waals surface area contributed by atoms with Gasteiger partial charge in [0.2, 0.25) is 5.95 Å². The zero-order valence-corrected chi connectivity index (χ0v) is 11.8. The number of nitrogens with two attached hydrogens (primary N) is 1. The summed E-state index contributed by atoms with van der Waals surface area (Å²) in [5.41, 5.74) is 9.99. The first kappa shape index (κ1) is 13.0. The first-order valence-electron chi connectivity index (χ1n) is 6.93. The summed E-state index contributed by atoms with van der Waals surface area (Å²) in [4.78, 5) is 8.61. The normalized spacial score (nSPS) is 14.6. The van der Waals surface area contributed by atoms with E-state index in [1.54, 1.807) is 13.0 Å². The van der Waals surface area contributed by atoms with Gasteiger partial charge >= 0.3 is 0 Å². The Morgan fingerprint density at radius 2 is 1.90 bits per heavy atom. The fourth-order valence-corrected chi connectivity index (χ4v) is 2.44. The van der Waals surface area contributed by atoms with Crippen molar-refractivity contribution < 1.29 is 4.39 Å². The van der Waals surface area contributed by atoms with Crippen LogP contribution in [0.3, 0.4) is 0 Å². The van der Waals surface area contributed by atoms with Crippen LogP contribution in [0.4, 0.5) is 10.3 Å². The third kappa shape index (κ3) is 2.64. The fraction of sp³-hybridized carbons (Fsp3) is 0.375. The zero-order valence-electron chi connectivity index (χ0n) is 11.8. The van der Waals surface area contributed by atoms with Crippen LogP contribution in [0.2, 0.25) is 0 Å². The third-order valence-electron chi connectivity index (χ3n) is 3.77. The smallest absolute Gasteiger partial charge is 0.220 e. The average Bonchev–Trinajstić information content (AvgIpc) is 3.17. The number of anilines is 1.